The fraction of sp³-hybridized carbons (Fsp3) is 0.545. The van der Waals surface area contributed by atoms with Gasteiger partial charge in [-0.2, -0.15) is 0 Å². The van der Waals surface area contributed by atoms with E-state index in [2.05, 4.69) is 10.6 Å². The maximum atomic E-state index is 13.0. The molecule has 1 aromatic carbocycles. The lowest BCUT2D eigenvalue weighted by atomic mass is 10.0. The van der Waals surface area contributed by atoms with Crippen molar-refractivity contribution in [2.75, 3.05) is 13.1 Å². The molecule has 9 heteroatoms. The lowest BCUT2D eigenvalue weighted by Crippen LogP contribution is -2.56. The number of carboxylic acid groups (broad SMARTS) is 1. The van der Waals surface area contributed by atoms with Crippen LogP contribution in [0.3, 0.4) is 0 Å². The molecule has 0 aromatic heterocycles. The molecule has 0 spiro atoms. The first-order chi connectivity index (χ1) is 14.7. The molecule has 1 heterocycles. The van der Waals surface area contributed by atoms with E-state index in [1.54, 1.807) is 0 Å². The molecule has 1 saturated heterocycles. The van der Waals surface area contributed by atoms with E-state index in [-0.39, 0.29) is 18.2 Å². The average molecular weight is 433 g/mol. The van der Waals surface area contributed by atoms with Gasteiger partial charge in [0.2, 0.25) is 17.7 Å². The number of nitrogens with two attached hydrogens (primary N) is 1. The van der Waals surface area contributed by atoms with Crippen LogP contribution in [0, 0.1) is 5.92 Å². The van der Waals surface area contributed by atoms with E-state index in [4.69, 9.17) is 10.8 Å². The number of aliphatic carboxylic acids is 1. The maximum absolute atomic E-state index is 13.0. The Kier molecular flexibility index (Phi) is 8.99. The predicted octanol–water partition coefficient (Wildman–Crippen LogP) is 0.279. The number of likely N-dealkylation sites (tertiary alicyclic amines) is 1. The number of benzene rings is 1. The molecule has 9 nitrogen and oxygen atoms in total. The minimum absolute atomic E-state index is 0.200. The topological polar surface area (TPSA) is 142 Å². The molecule has 0 bridgehead atoms. The zero-order valence-corrected chi connectivity index (χ0v) is 18.0. The van der Waals surface area contributed by atoms with Crippen molar-refractivity contribution in [3.63, 3.8) is 0 Å². The van der Waals surface area contributed by atoms with E-state index in [0.717, 1.165) is 5.56 Å². The van der Waals surface area contributed by atoms with E-state index in [9.17, 15) is 19.2 Å². The quantitative estimate of drug-likeness (QED) is 0.418. The van der Waals surface area contributed by atoms with Crippen LogP contribution >= 0.6 is 0 Å². The summed E-state index contributed by atoms with van der Waals surface area (Å²) in [5.41, 5.74) is 6.85. The van der Waals surface area contributed by atoms with Crippen LogP contribution in [0.15, 0.2) is 30.3 Å². The monoisotopic (exact) mass is 432 g/mol. The zero-order chi connectivity index (χ0) is 23.0. The van der Waals surface area contributed by atoms with E-state index in [1.807, 2.05) is 44.2 Å². The second-order valence-electron chi connectivity index (χ2n) is 8.29. The molecule has 1 fully saturated rings. The largest absolute Gasteiger partial charge is 0.480 e. The molecule has 3 unspecified atom stereocenters. The second-order valence-corrected chi connectivity index (χ2v) is 8.29. The van der Waals surface area contributed by atoms with Gasteiger partial charge in [-0.25, -0.2) is 0 Å². The van der Waals surface area contributed by atoms with Crippen LogP contribution in [0.5, 0.6) is 0 Å². The fourth-order valence-electron chi connectivity index (χ4n) is 3.74. The van der Waals surface area contributed by atoms with Crippen molar-refractivity contribution in [2.24, 2.45) is 11.7 Å². The van der Waals surface area contributed by atoms with Gasteiger partial charge in [-0.1, -0.05) is 44.2 Å². The summed E-state index contributed by atoms with van der Waals surface area (Å²) in [5.74, 6) is -2.21. The first kappa shape index (κ1) is 24.3. The number of carboxylic acids is 1. The Hall–Kier alpha value is -2.94. The number of amides is 3. The summed E-state index contributed by atoms with van der Waals surface area (Å²) >= 11 is 0. The SMILES string of the molecule is CC(C)CC(N)C(=O)N1CCCC1C(=O)NC(Cc1ccccc1)C(=O)NCC(=O)O. The Bertz CT molecular complexity index is 783. The van der Waals surface area contributed by atoms with Gasteiger partial charge in [-0.15, -0.1) is 0 Å². The molecule has 5 N–H and O–H groups in total. The summed E-state index contributed by atoms with van der Waals surface area (Å²) < 4.78 is 0. The summed E-state index contributed by atoms with van der Waals surface area (Å²) in [6.07, 6.45) is 1.89. The molecule has 0 saturated carbocycles. The molecular weight excluding hydrogens is 400 g/mol. The van der Waals surface area contributed by atoms with Crippen molar-refractivity contribution in [3.05, 3.63) is 35.9 Å². The summed E-state index contributed by atoms with van der Waals surface area (Å²) in [6.45, 7) is 3.85. The number of carbonyl (C=O) groups is 4. The van der Waals surface area contributed by atoms with E-state index in [0.29, 0.717) is 25.8 Å². The number of nitrogens with one attached hydrogen (secondary N) is 2. The molecular formula is C22H32N4O5. The molecule has 1 aromatic rings. The molecule has 170 valence electrons. The molecule has 0 aliphatic carbocycles. The number of hydrogen-bond donors (Lipinski definition) is 4. The first-order valence-corrected chi connectivity index (χ1v) is 10.6. The number of nitrogens with zero attached hydrogens (tertiary/aromatic N) is 1. The highest BCUT2D eigenvalue weighted by atomic mass is 16.4. The summed E-state index contributed by atoms with van der Waals surface area (Å²) in [5, 5.41) is 13.9. The van der Waals surface area contributed by atoms with Crippen LogP contribution in [-0.2, 0) is 25.6 Å². The van der Waals surface area contributed by atoms with E-state index < -0.39 is 42.5 Å². The summed E-state index contributed by atoms with van der Waals surface area (Å²) in [7, 11) is 0. The highest BCUT2D eigenvalue weighted by Crippen LogP contribution is 2.20. The van der Waals surface area contributed by atoms with Crippen molar-refractivity contribution in [1.29, 1.82) is 0 Å². The molecule has 3 amide bonds. The number of carbonyl (C=O) groups excluding carboxylic acids is 3. The van der Waals surface area contributed by atoms with E-state index in [1.165, 1.54) is 4.90 Å². The third-order valence-corrected chi connectivity index (χ3v) is 5.21. The number of hydrogen-bond acceptors (Lipinski definition) is 5. The zero-order valence-electron chi connectivity index (χ0n) is 18.0. The summed E-state index contributed by atoms with van der Waals surface area (Å²) in [6, 6.07) is 6.78. The highest BCUT2D eigenvalue weighted by Gasteiger charge is 2.37. The Morgan fingerprint density at radius 3 is 2.48 bits per heavy atom. The third kappa shape index (κ3) is 7.36. The second kappa shape index (κ2) is 11.5. The van der Waals surface area contributed by atoms with Gasteiger partial charge in [0.15, 0.2) is 0 Å². The highest BCUT2D eigenvalue weighted by molar-refractivity contribution is 5.94. The maximum Gasteiger partial charge on any atom is 0.322 e. The van der Waals surface area contributed by atoms with Crippen LogP contribution in [0.25, 0.3) is 0 Å². The van der Waals surface area contributed by atoms with Crippen molar-refractivity contribution < 1.29 is 24.3 Å². The van der Waals surface area contributed by atoms with Crippen LogP contribution in [-0.4, -0.2) is 64.9 Å². The minimum Gasteiger partial charge on any atom is -0.480 e. The van der Waals surface area contributed by atoms with Gasteiger partial charge in [0, 0.05) is 13.0 Å². The van der Waals surface area contributed by atoms with Gasteiger partial charge in [-0.05, 0) is 30.7 Å². The minimum atomic E-state index is -1.18. The lowest BCUT2D eigenvalue weighted by Gasteiger charge is -2.28. The average Bonchev–Trinajstić information content (AvgIpc) is 3.21. The van der Waals surface area contributed by atoms with Crippen molar-refractivity contribution in [2.45, 2.75) is 57.7 Å². The van der Waals surface area contributed by atoms with Gasteiger partial charge in [0.25, 0.3) is 0 Å². The van der Waals surface area contributed by atoms with Gasteiger partial charge < -0.3 is 26.4 Å². The van der Waals surface area contributed by atoms with Gasteiger partial charge in [0.05, 0.1) is 6.04 Å². The van der Waals surface area contributed by atoms with Crippen molar-refractivity contribution in [1.82, 2.24) is 15.5 Å². The number of rotatable bonds is 10. The molecule has 1 aliphatic rings. The van der Waals surface area contributed by atoms with Gasteiger partial charge in [0.1, 0.15) is 18.6 Å². The molecule has 3 atom stereocenters. The van der Waals surface area contributed by atoms with Crippen molar-refractivity contribution in [3.8, 4) is 0 Å². The first-order valence-electron chi connectivity index (χ1n) is 10.6. The van der Waals surface area contributed by atoms with Crippen LogP contribution < -0.4 is 16.4 Å². The fourth-order valence-corrected chi connectivity index (χ4v) is 3.74. The van der Waals surface area contributed by atoms with E-state index >= 15 is 0 Å². The summed E-state index contributed by atoms with van der Waals surface area (Å²) in [4.78, 5) is 50.6. The van der Waals surface area contributed by atoms with Crippen LogP contribution in [0.4, 0.5) is 0 Å². The molecule has 1 aliphatic heterocycles. The third-order valence-electron chi connectivity index (χ3n) is 5.21. The van der Waals surface area contributed by atoms with Gasteiger partial charge >= 0.3 is 5.97 Å². The molecule has 2 rings (SSSR count). The normalized spacial score (nSPS) is 17.8. The molecule has 0 radical (unpaired) electrons. The van der Waals surface area contributed by atoms with Crippen LogP contribution in [0.1, 0.15) is 38.7 Å². The Labute approximate surface area is 182 Å². The van der Waals surface area contributed by atoms with Crippen molar-refractivity contribution >= 4 is 23.7 Å². The lowest BCUT2D eigenvalue weighted by molar-refractivity contribution is -0.141. The predicted molar refractivity (Wildman–Crippen MR) is 115 cm³/mol. The van der Waals surface area contributed by atoms with Gasteiger partial charge in [-0.3, -0.25) is 19.2 Å². The smallest absolute Gasteiger partial charge is 0.322 e. The Balaban J connectivity index is 2.10. The molecule has 31 heavy (non-hydrogen) atoms. The Morgan fingerprint density at radius 2 is 1.87 bits per heavy atom. The standard InChI is InChI=1S/C22H32N4O5/c1-14(2)11-16(23)22(31)26-10-6-9-18(26)21(30)25-17(20(29)24-13-19(27)28)12-15-7-4-3-5-8-15/h3-5,7-8,14,16-18H,6,9-13,23H2,1-2H3,(H,24,29)(H,25,30)(H,27,28). The Morgan fingerprint density at radius 1 is 1.19 bits per heavy atom. The van der Waals surface area contributed by atoms with Crippen LogP contribution in [0.2, 0.25) is 0 Å².